The van der Waals surface area contributed by atoms with Crippen LogP contribution >= 0.6 is 0 Å². The van der Waals surface area contributed by atoms with Crippen LogP contribution in [0.4, 0.5) is 10.1 Å². The van der Waals surface area contributed by atoms with Crippen molar-refractivity contribution in [3.05, 3.63) is 29.6 Å². The fourth-order valence-electron chi connectivity index (χ4n) is 2.72. The minimum Gasteiger partial charge on any atom is -0.465 e. The van der Waals surface area contributed by atoms with E-state index in [2.05, 4.69) is 10.1 Å². The van der Waals surface area contributed by atoms with E-state index in [1.807, 2.05) is 0 Å². The molecule has 0 aromatic heterocycles. The van der Waals surface area contributed by atoms with Gasteiger partial charge in [-0.1, -0.05) is 32.1 Å². The molecule has 20 heavy (non-hydrogen) atoms. The van der Waals surface area contributed by atoms with Gasteiger partial charge in [0, 0.05) is 11.7 Å². The van der Waals surface area contributed by atoms with Gasteiger partial charge in [-0.25, -0.2) is 9.18 Å². The number of hydrogen-bond donors (Lipinski definition) is 1. The summed E-state index contributed by atoms with van der Waals surface area (Å²) in [5.41, 5.74) is 0.778. The normalized spacial score (nSPS) is 17.1. The summed E-state index contributed by atoms with van der Waals surface area (Å²) >= 11 is 0. The molecule has 0 amide bonds. The maximum absolute atomic E-state index is 13.6. The van der Waals surface area contributed by atoms with Crippen molar-refractivity contribution in [2.45, 2.75) is 51.0 Å². The van der Waals surface area contributed by atoms with Gasteiger partial charge in [0.2, 0.25) is 0 Å². The smallest absolute Gasteiger partial charge is 0.340 e. The first-order chi connectivity index (χ1) is 9.70. The van der Waals surface area contributed by atoms with Gasteiger partial charge in [-0.2, -0.15) is 0 Å². The third kappa shape index (κ3) is 3.95. The van der Waals surface area contributed by atoms with Crippen molar-refractivity contribution in [3.63, 3.8) is 0 Å². The Kier molecular flexibility index (Phi) is 5.39. The Bertz CT molecular complexity index is 454. The zero-order valence-electron chi connectivity index (χ0n) is 12.0. The molecule has 1 fully saturated rings. The van der Waals surface area contributed by atoms with Crippen LogP contribution in [0.25, 0.3) is 0 Å². The number of halogens is 1. The summed E-state index contributed by atoms with van der Waals surface area (Å²) < 4.78 is 18.2. The standard InChI is InChI=1S/C16H22FNO2/c1-20-16(19)14-11-13(9-10-15(14)17)18-12-7-5-3-2-4-6-8-12/h9-12,18H,2-8H2,1H3. The highest BCUT2D eigenvalue weighted by Gasteiger charge is 2.15. The summed E-state index contributed by atoms with van der Waals surface area (Å²) in [4.78, 5) is 11.5. The highest BCUT2D eigenvalue weighted by Crippen LogP contribution is 2.22. The zero-order valence-corrected chi connectivity index (χ0v) is 12.0. The number of hydrogen-bond acceptors (Lipinski definition) is 3. The van der Waals surface area contributed by atoms with Gasteiger partial charge in [-0.05, 0) is 31.0 Å². The first kappa shape index (κ1) is 14.8. The molecule has 1 N–H and O–H groups in total. The molecule has 4 heteroatoms. The number of methoxy groups -OCH3 is 1. The summed E-state index contributed by atoms with van der Waals surface area (Å²) in [5, 5.41) is 3.42. The van der Waals surface area contributed by atoms with E-state index in [0.29, 0.717) is 6.04 Å². The molecule has 1 aliphatic carbocycles. The number of carbonyl (C=O) groups is 1. The molecule has 3 nitrogen and oxygen atoms in total. The van der Waals surface area contributed by atoms with Gasteiger partial charge >= 0.3 is 5.97 Å². The van der Waals surface area contributed by atoms with Crippen LogP contribution in [-0.4, -0.2) is 19.1 Å². The lowest BCUT2D eigenvalue weighted by molar-refractivity contribution is 0.0595. The summed E-state index contributed by atoms with van der Waals surface area (Å²) in [5.74, 6) is -1.18. The first-order valence-electron chi connectivity index (χ1n) is 7.35. The number of carbonyl (C=O) groups excluding carboxylic acids is 1. The number of nitrogens with one attached hydrogen (secondary N) is 1. The lowest BCUT2D eigenvalue weighted by Crippen LogP contribution is -2.21. The van der Waals surface area contributed by atoms with Crippen LogP contribution in [-0.2, 0) is 4.74 Å². The minimum absolute atomic E-state index is 0.0108. The largest absolute Gasteiger partial charge is 0.465 e. The number of rotatable bonds is 3. The molecule has 2 rings (SSSR count). The van der Waals surface area contributed by atoms with E-state index >= 15 is 0 Å². The monoisotopic (exact) mass is 279 g/mol. The van der Waals surface area contributed by atoms with Crippen LogP contribution < -0.4 is 5.32 Å². The topological polar surface area (TPSA) is 38.3 Å². The van der Waals surface area contributed by atoms with Crippen LogP contribution in [0.5, 0.6) is 0 Å². The summed E-state index contributed by atoms with van der Waals surface area (Å²) in [7, 11) is 1.26. The quantitative estimate of drug-likeness (QED) is 0.845. The van der Waals surface area contributed by atoms with Gasteiger partial charge < -0.3 is 10.1 Å². The highest BCUT2D eigenvalue weighted by atomic mass is 19.1. The third-order valence-corrected chi connectivity index (χ3v) is 3.85. The molecule has 1 aromatic rings. The molecule has 0 bridgehead atoms. The molecule has 1 saturated carbocycles. The van der Waals surface area contributed by atoms with Crippen molar-refractivity contribution in [2.24, 2.45) is 0 Å². The van der Waals surface area contributed by atoms with Gasteiger partial charge in [-0.15, -0.1) is 0 Å². The van der Waals surface area contributed by atoms with Crippen LogP contribution in [0, 0.1) is 5.82 Å². The Morgan fingerprint density at radius 3 is 2.50 bits per heavy atom. The molecular formula is C16H22FNO2. The molecule has 1 aromatic carbocycles. The van der Waals surface area contributed by atoms with E-state index in [-0.39, 0.29) is 5.56 Å². The Hall–Kier alpha value is -1.58. The second-order valence-electron chi connectivity index (χ2n) is 5.37. The van der Waals surface area contributed by atoms with Crippen molar-refractivity contribution in [2.75, 3.05) is 12.4 Å². The molecule has 0 atom stereocenters. The van der Waals surface area contributed by atoms with Crippen LogP contribution in [0.3, 0.4) is 0 Å². The van der Waals surface area contributed by atoms with Gasteiger partial charge in [0.25, 0.3) is 0 Å². The van der Waals surface area contributed by atoms with E-state index in [4.69, 9.17) is 0 Å². The van der Waals surface area contributed by atoms with E-state index in [1.54, 1.807) is 12.1 Å². The maximum Gasteiger partial charge on any atom is 0.340 e. The Balaban J connectivity index is 2.06. The first-order valence-corrected chi connectivity index (χ1v) is 7.35. The van der Waals surface area contributed by atoms with Crippen molar-refractivity contribution >= 4 is 11.7 Å². The molecule has 0 radical (unpaired) electrons. The van der Waals surface area contributed by atoms with Crippen LogP contribution in [0.1, 0.15) is 55.3 Å². The predicted octanol–water partition coefficient (Wildman–Crippen LogP) is 4.14. The molecular weight excluding hydrogens is 257 g/mol. The zero-order chi connectivity index (χ0) is 14.4. The van der Waals surface area contributed by atoms with E-state index < -0.39 is 11.8 Å². The van der Waals surface area contributed by atoms with Crippen molar-refractivity contribution in [1.82, 2.24) is 0 Å². The average molecular weight is 279 g/mol. The molecule has 0 saturated heterocycles. The Morgan fingerprint density at radius 2 is 1.85 bits per heavy atom. The van der Waals surface area contributed by atoms with Gasteiger partial charge in [0.15, 0.2) is 0 Å². The lowest BCUT2D eigenvalue weighted by atomic mass is 9.96. The van der Waals surface area contributed by atoms with Gasteiger partial charge in [0.1, 0.15) is 5.82 Å². The van der Waals surface area contributed by atoms with Crippen molar-refractivity contribution in [3.8, 4) is 0 Å². The van der Waals surface area contributed by atoms with E-state index in [1.165, 1.54) is 45.3 Å². The summed E-state index contributed by atoms with van der Waals surface area (Å²) in [6, 6.07) is 4.95. The molecule has 0 aliphatic heterocycles. The van der Waals surface area contributed by atoms with Gasteiger partial charge in [0.05, 0.1) is 12.7 Å². The number of benzene rings is 1. The molecule has 0 heterocycles. The van der Waals surface area contributed by atoms with E-state index in [0.717, 1.165) is 18.5 Å². The minimum atomic E-state index is -0.635. The van der Waals surface area contributed by atoms with E-state index in [9.17, 15) is 9.18 Å². The lowest BCUT2D eigenvalue weighted by Gasteiger charge is -2.22. The molecule has 110 valence electrons. The summed E-state index contributed by atoms with van der Waals surface area (Å²) in [6.07, 6.45) is 8.61. The molecule has 0 spiro atoms. The molecule has 0 unspecified atom stereocenters. The molecule has 1 aliphatic rings. The predicted molar refractivity (Wildman–Crippen MR) is 77.5 cm³/mol. The highest BCUT2D eigenvalue weighted by molar-refractivity contribution is 5.90. The van der Waals surface area contributed by atoms with Crippen molar-refractivity contribution in [1.29, 1.82) is 0 Å². The SMILES string of the molecule is COC(=O)c1cc(NC2CCCCCCC2)ccc1F. The maximum atomic E-state index is 13.6. The summed E-state index contributed by atoms with van der Waals surface area (Å²) in [6.45, 7) is 0. The van der Waals surface area contributed by atoms with Crippen LogP contribution in [0.2, 0.25) is 0 Å². The fraction of sp³-hybridized carbons (Fsp3) is 0.562. The number of esters is 1. The van der Waals surface area contributed by atoms with Crippen molar-refractivity contribution < 1.29 is 13.9 Å². The number of anilines is 1. The van der Waals surface area contributed by atoms with Gasteiger partial charge in [-0.3, -0.25) is 0 Å². The van der Waals surface area contributed by atoms with Crippen LogP contribution in [0.15, 0.2) is 18.2 Å². The average Bonchev–Trinajstić information content (AvgIpc) is 2.42. The second-order valence-corrected chi connectivity index (χ2v) is 5.37. The second kappa shape index (κ2) is 7.27. The Morgan fingerprint density at radius 1 is 1.20 bits per heavy atom. The third-order valence-electron chi connectivity index (χ3n) is 3.85. The number of ether oxygens (including phenoxy) is 1. The Labute approximate surface area is 119 Å². The fourth-order valence-corrected chi connectivity index (χ4v) is 2.72.